The Morgan fingerprint density at radius 3 is 1.44 bits per heavy atom. The van der Waals surface area contributed by atoms with E-state index in [2.05, 4.69) is 19.1 Å². The molecular weight excluding hydrogens is 196 g/mol. The molecule has 0 radical (unpaired) electrons. The normalized spacial score (nSPS) is 9.50. The second kappa shape index (κ2) is 6.77. The molecule has 0 spiro atoms. The molecule has 0 aliphatic heterocycles. The van der Waals surface area contributed by atoms with E-state index in [-0.39, 0.29) is 6.17 Å². The van der Waals surface area contributed by atoms with Gasteiger partial charge in [0.15, 0.2) is 0 Å². The smallest absolute Gasteiger partial charge is 0.0784 e. The topological polar surface area (TPSA) is 52.0 Å². The Morgan fingerprint density at radius 1 is 0.750 bits per heavy atom. The third kappa shape index (κ3) is 4.73. The number of benzene rings is 2. The number of aryl methyl sites for hydroxylation is 1. The van der Waals surface area contributed by atoms with Crippen molar-refractivity contribution >= 4 is 0 Å². The second-order valence-electron chi connectivity index (χ2n) is 3.59. The summed E-state index contributed by atoms with van der Waals surface area (Å²) in [6.45, 7) is 2.08. The zero-order valence-electron chi connectivity index (χ0n) is 9.51. The van der Waals surface area contributed by atoms with Crippen LogP contribution < -0.4 is 11.5 Å². The minimum atomic E-state index is -0.341. The summed E-state index contributed by atoms with van der Waals surface area (Å²) < 4.78 is 0. The van der Waals surface area contributed by atoms with Gasteiger partial charge in [-0.15, -0.1) is 0 Å². The van der Waals surface area contributed by atoms with Gasteiger partial charge < -0.3 is 11.5 Å². The first-order chi connectivity index (χ1) is 7.70. The molecule has 4 N–H and O–H groups in total. The van der Waals surface area contributed by atoms with Crippen molar-refractivity contribution in [1.29, 1.82) is 0 Å². The lowest BCUT2D eigenvalue weighted by atomic mass is 10.2. The average Bonchev–Trinajstić information content (AvgIpc) is 2.32. The van der Waals surface area contributed by atoms with Crippen molar-refractivity contribution in [2.24, 2.45) is 11.5 Å². The highest BCUT2D eigenvalue weighted by molar-refractivity contribution is 5.17. The minimum Gasteiger partial charge on any atom is -0.312 e. The summed E-state index contributed by atoms with van der Waals surface area (Å²) in [6, 6.07) is 19.9. The third-order valence-corrected chi connectivity index (χ3v) is 2.12. The fourth-order valence-corrected chi connectivity index (χ4v) is 1.21. The predicted octanol–water partition coefficient (Wildman–Crippen LogP) is 2.60. The molecule has 2 aromatic carbocycles. The van der Waals surface area contributed by atoms with E-state index >= 15 is 0 Å². The van der Waals surface area contributed by atoms with Gasteiger partial charge >= 0.3 is 0 Å². The molecule has 0 saturated heterocycles. The molecule has 0 aliphatic carbocycles. The third-order valence-electron chi connectivity index (χ3n) is 2.12. The number of hydrogen-bond donors (Lipinski definition) is 2. The molecule has 2 aromatic rings. The largest absolute Gasteiger partial charge is 0.312 e. The molecule has 2 nitrogen and oxygen atoms in total. The summed E-state index contributed by atoms with van der Waals surface area (Å²) in [6.07, 6.45) is -0.341. The molecule has 0 fully saturated rings. The monoisotopic (exact) mass is 214 g/mol. The van der Waals surface area contributed by atoms with Crippen LogP contribution in [0.2, 0.25) is 0 Å². The summed E-state index contributed by atoms with van der Waals surface area (Å²) in [7, 11) is 0. The minimum absolute atomic E-state index is 0.341. The Labute approximate surface area is 96.9 Å². The Balaban J connectivity index is 0.000000165. The van der Waals surface area contributed by atoms with Crippen LogP contribution in [0.5, 0.6) is 0 Å². The Hall–Kier alpha value is -1.64. The maximum atomic E-state index is 5.39. The van der Waals surface area contributed by atoms with Crippen LogP contribution in [-0.4, -0.2) is 0 Å². The van der Waals surface area contributed by atoms with Crippen LogP contribution in [0.3, 0.4) is 0 Å². The van der Waals surface area contributed by atoms with Crippen molar-refractivity contribution in [3.05, 3.63) is 71.8 Å². The van der Waals surface area contributed by atoms with E-state index < -0.39 is 0 Å². The Kier molecular flexibility index (Phi) is 5.26. The van der Waals surface area contributed by atoms with Crippen molar-refractivity contribution in [2.75, 3.05) is 0 Å². The summed E-state index contributed by atoms with van der Waals surface area (Å²) in [4.78, 5) is 0. The summed E-state index contributed by atoms with van der Waals surface area (Å²) in [5.74, 6) is 0. The molecule has 0 unspecified atom stereocenters. The highest BCUT2D eigenvalue weighted by Crippen LogP contribution is 2.01. The average molecular weight is 214 g/mol. The van der Waals surface area contributed by atoms with Gasteiger partial charge in [-0.1, -0.05) is 66.2 Å². The van der Waals surface area contributed by atoms with Crippen LogP contribution in [0.25, 0.3) is 0 Å². The van der Waals surface area contributed by atoms with Gasteiger partial charge in [-0.05, 0) is 12.5 Å². The fraction of sp³-hybridized carbons (Fsp3) is 0.143. The van der Waals surface area contributed by atoms with Crippen LogP contribution in [0, 0.1) is 6.92 Å². The lowest BCUT2D eigenvalue weighted by Crippen LogP contribution is -2.19. The van der Waals surface area contributed by atoms with Crippen LogP contribution in [0.1, 0.15) is 17.3 Å². The van der Waals surface area contributed by atoms with Crippen molar-refractivity contribution in [3.8, 4) is 0 Å². The van der Waals surface area contributed by atoms with Gasteiger partial charge in [0, 0.05) is 0 Å². The molecule has 2 rings (SSSR count). The Bertz CT molecular complexity index is 382. The van der Waals surface area contributed by atoms with Gasteiger partial charge in [0.1, 0.15) is 0 Å². The number of hydrogen-bond acceptors (Lipinski definition) is 2. The maximum absolute atomic E-state index is 5.39. The first-order valence-corrected chi connectivity index (χ1v) is 5.28. The molecule has 16 heavy (non-hydrogen) atoms. The van der Waals surface area contributed by atoms with Crippen LogP contribution in [0.4, 0.5) is 0 Å². The van der Waals surface area contributed by atoms with Gasteiger partial charge in [0.05, 0.1) is 6.17 Å². The van der Waals surface area contributed by atoms with Crippen molar-refractivity contribution in [3.63, 3.8) is 0 Å². The van der Waals surface area contributed by atoms with Crippen LogP contribution in [-0.2, 0) is 0 Å². The lowest BCUT2D eigenvalue weighted by Gasteiger charge is -2.02. The van der Waals surface area contributed by atoms with Crippen molar-refractivity contribution in [1.82, 2.24) is 0 Å². The summed E-state index contributed by atoms with van der Waals surface area (Å²) >= 11 is 0. The second-order valence-corrected chi connectivity index (χ2v) is 3.59. The molecule has 0 atom stereocenters. The first kappa shape index (κ1) is 12.4. The molecule has 0 saturated carbocycles. The standard InChI is InChI=1S/C7H10N2.C7H8/c8-7(9)6-4-2-1-3-5-6;1-7-5-3-2-4-6-7/h1-5,7H,8-9H2;2-6H,1H3. The predicted molar refractivity (Wildman–Crippen MR) is 68.7 cm³/mol. The molecule has 84 valence electrons. The van der Waals surface area contributed by atoms with Gasteiger partial charge in [0.25, 0.3) is 0 Å². The van der Waals surface area contributed by atoms with E-state index in [1.54, 1.807) is 0 Å². The van der Waals surface area contributed by atoms with E-state index in [9.17, 15) is 0 Å². The van der Waals surface area contributed by atoms with Crippen molar-refractivity contribution in [2.45, 2.75) is 13.1 Å². The van der Waals surface area contributed by atoms with E-state index in [0.717, 1.165) is 5.56 Å². The van der Waals surface area contributed by atoms with Gasteiger partial charge in [-0.25, -0.2) is 0 Å². The van der Waals surface area contributed by atoms with E-state index in [1.165, 1.54) is 5.56 Å². The summed E-state index contributed by atoms with van der Waals surface area (Å²) in [5.41, 5.74) is 13.1. The highest BCUT2D eigenvalue weighted by Gasteiger charge is 1.93. The molecule has 0 amide bonds. The van der Waals surface area contributed by atoms with Gasteiger partial charge in [0.2, 0.25) is 0 Å². The highest BCUT2D eigenvalue weighted by atomic mass is 14.8. The zero-order chi connectivity index (χ0) is 11.8. The Morgan fingerprint density at radius 2 is 1.19 bits per heavy atom. The first-order valence-electron chi connectivity index (χ1n) is 5.28. The van der Waals surface area contributed by atoms with Gasteiger partial charge in [-0.3, -0.25) is 0 Å². The quantitative estimate of drug-likeness (QED) is 0.717. The number of nitrogens with two attached hydrogens (primary N) is 2. The molecular formula is C14H18N2. The molecule has 0 bridgehead atoms. The summed E-state index contributed by atoms with van der Waals surface area (Å²) in [5, 5.41) is 0. The lowest BCUT2D eigenvalue weighted by molar-refractivity contribution is 0.774. The maximum Gasteiger partial charge on any atom is 0.0784 e. The molecule has 2 heteroatoms. The molecule has 0 aliphatic rings. The number of rotatable bonds is 1. The van der Waals surface area contributed by atoms with E-state index in [0.29, 0.717) is 0 Å². The van der Waals surface area contributed by atoms with E-state index in [1.807, 2.05) is 48.5 Å². The van der Waals surface area contributed by atoms with Crippen molar-refractivity contribution < 1.29 is 0 Å². The fourth-order valence-electron chi connectivity index (χ4n) is 1.21. The van der Waals surface area contributed by atoms with E-state index in [4.69, 9.17) is 11.5 Å². The van der Waals surface area contributed by atoms with Crippen LogP contribution >= 0.6 is 0 Å². The van der Waals surface area contributed by atoms with Crippen LogP contribution in [0.15, 0.2) is 60.7 Å². The SMILES string of the molecule is Cc1ccccc1.NC(N)c1ccccc1. The van der Waals surface area contributed by atoms with Gasteiger partial charge in [-0.2, -0.15) is 0 Å². The molecule has 0 heterocycles. The zero-order valence-corrected chi connectivity index (χ0v) is 9.51. The molecule has 0 aromatic heterocycles.